The molecule has 7 nitrogen and oxygen atoms in total. The molecule has 0 fully saturated rings. The van der Waals surface area contributed by atoms with Crippen molar-refractivity contribution in [2.24, 2.45) is 5.10 Å². The van der Waals surface area contributed by atoms with Gasteiger partial charge < -0.3 is 9.84 Å². The molecule has 2 aromatic heterocycles. The van der Waals surface area contributed by atoms with Gasteiger partial charge in [0, 0.05) is 36.3 Å². The van der Waals surface area contributed by atoms with Crippen LogP contribution >= 0.6 is 22.9 Å². The first-order valence-electron chi connectivity index (χ1n) is 10.3. The van der Waals surface area contributed by atoms with Crippen LogP contribution in [0, 0.1) is 0 Å². The Morgan fingerprint density at radius 2 is 2.12 bits per heavy atom. The van der Waals surface area contributed by atoms with Gasteiger partial charge in [-0.15, -0.1) is 11.3 Å². The third-order valence-corrected chi connectivity index (χ3v) is 6.41. The number of hydrogen-bond acceptors (Lipinski definition) is 6. The zero-order valence-electron chi connectivity index (χ0n) is 17.5. The van der Waals surface area contributed by atoms with Gasteiger partial charge in [0.15, 0.2) is 0 Å². The highest BCUT2D eigenvalue weighted by atomic mass is 35.5. The zero-order valence-corrected chi connectivity index (χ0v) is 19.0. The Bertz CT molecular complexity index is 1180. The standard InChI is InChI=1S/C23H22ClN3O4S/c1-2-31-15-9-8-14-11-16(23(24)25-17(14)12-15)19-13-18(20-5-4-10-32-20)26-27(19)21(28)6-3-7-22(29)30/h4-5,8-12,19H,2-3,6-7,13H2,1H3,(H,29,30). The maximum absolute atomic E-state index is 13.0. The van der Waals surface area contributed by atoms with E-state index in [4.69, 9.17) is 21.4 Å². The summed E-state index contributed by atoms with van der Waals surface area (Å²) < 4.78 is 5.55. The van der Waals surface area contributed by atoms with Crippen LogP contribution in [0.3, 0.4) is 0 Å². The number of halogens is 1. The summed E-state index contributed by atoms with van der Waals surface area (Å²) in [6.45, 7) is 2.47. The Balaban J connectivity index is 1.67. The Hall–Kier alpha value is -2.97. The van der Waals surface area contributed by atoms with E-state index in [1.54, 1.807) is 11.3 Å². The quantitative estimate of drug-likeness (QED) is 0.451. The van der Waals surface area contributed by atoms with E-state index in [0.717, 1.165) is 21.7 Å². The van der Waals surface area contributed by atoms with E-state index in [0.29, 0.717) is 29.3 Å². The number of benzene rings is 1. The smallest absolute Gasteiger partial charge is 0.303 e. The van der Waals surface area contributed by atoms with Gasteiger partial charge in [0.1, 0.15) is 10.9 Å². The molecule has 9 heteroatoms. The monoisotopic (exact) mass is 471 g/mol. The van der Waals surface area contributed by atoms with Gasteiger partial charge in [-0.1, -0.05) is 17.7 Å². The number of carbonyl (C=O) groups is 2. The number of carboxylic acids is 1. The Kier molecular flexibility index (Phi) is 6.72. The van der Waals surface area contributed by atoms with Crippen molar-refractivity contribution in [3.63, 3.8) is 0 Å². The van der Waals surface area contributed by atoms with Gasteiger partial charge in [-0.2, -0.15) is 5.10 Å². The molecule has 4 rings (SSSR count). The highest BCUT2D eigenvalue weighted by Crippen LogP contribution is 2.38. The topological polar surface area (TPSA) is 92.1 Å². The number of thiophene rings is 1. The fourth-order valence-electron chi connectivity index (χ4n) is 3.71. The van der Waals surface area contributed by atoms with Crippen LogP contribution in [0.15, 0.2) is 46.9 Å². The van der Waals surface area contributed by atoms with E-state index in [1.807, 2.05) is 48.7 Å². The molecule has 0 saturated carbocycles. The molecule has 3 aromatic rings. The second kappa shape index (κ2) is 9.67. The number of aliphatic carboxylic acids is 1. The minimum absolute atomic E-state index is 0.0633. The summed E-state index contributed by atoms with van der Waals surface area (Å²) in [5.74, 6) is -0.437. The molecule has 1 N–H and O–H groups in total. The molecule has 0 spiro atoms. The number of carboxylic acid groups (broad SMARTS) is 1. The van der Waals surface area contributed by atoms with Crippen molar-refractivity contribution in [1.29, 1.82) is 0 Å². The van der Waals surface area contributed by atoms with Gasteiger partial charge in [0.25, 0.3) is 0 Å². The van der Waals surface area contributed by atoms with Crippen molar-refractivity contribution in [2.75, 3.05) is 6.61 Å². The lowest BCUT2D eigenvalue weighted by molar-refractivity contribution is -0.137. The summed E-state index contributed by atoms with van der Waals surface area (Å²) in [5, 5.41) is 18.1. The molecule has 0 saturated heterocycles. The van der Waals surface area contributed by atoms with E-state index in [-0.39, 0.29) is 25.2 Å². The average Bonchev–Trinajstić information content (AvgIpc) is 3.43. The van der Waals surface area contributed by atoms with Gasteiger partial charge >= 0.3 is 5.97 Å². The van der Waals surface area contributed by atoms with E-state index < -0.39 is 12.0 Å². The third-order valence-electron chi connectivity index (χ3n) is 5.19. The molecule has 0 bridgehead atoms. The van der Waals surface area contributed by atoms with Crippen molar-refractivity contribution >= 4 is 51.4 Å². The molecule has 1 atom stereocenters. The number of hydrazone groups is 1. The second-order valence-corrected chi connectivity index (χ2v) is 8.69. The normalized spacial score (nSPS) is 15.8. The number of carbonyl (C=O) groups excluding carboxylic acids is 1. The number of aromatic nitrogens is 1. The number of rotatable bonds is 8. The average molecular weight is 472 g/mol. The van der Waals surface area contributed by atoms with E-state index in [2.05, 4.69) is 10.1 Å². The molecule has 1 aliphatic heterocycles. The van der Waals surface area contributed by atoms with E-state index in [1.165, 1.54) is 5.01 Å². The fourth-order valence-corrected chi connectivity index (χ4v) is 4.70. The van der Waals surface area contributed by atoms with Gasteiger partial charge in [-0.3, -0.25) is 9.59 Å². The maximum Gasteiger partial charge on any atom is 0.303 e. The largest absolute Gasteiger partial charge is 0.494 e. The molecule has 166 valence electrons. The van der Waals surface area contributed by atoms with Gasteiger partial charge in [-0.25, -0.2) is 9.99 Å². The van der Waals surface area contributed by atoms with Crippen molar-refractivity contribution in [3.05, 3.63) is 57.4 Å². The number of nitrogens with zero attached hydrogens (tertiary/aromatic N) is 3. The molecule has 1 aliphatic rings. The molecule has 0 radical (unpaired) electrons. The third kappa shape index (κ3) is 4.76. The van der Waals surface area contributed by atoms with Crippen LogP contribution in [-0.2, 0) is 9.59 Å². The number of amides is 1. The number of hydrogen-bond donors (Lipinski definition) is 1. The van der Waals surface area contributed by atoms with Crippen molar-refractivity contribution in [3.8, 4) is 5.75 Å². The van der Waals surface area contributed by atoms with Crippen LogP contribution in [0.25, 0.3) is 10.9 Å². The molecule has 1 unspecified atom stereocenters. The first-order valence-corrected chi connectivity index (χ1v) is 11.6. The van der Waals surface area contributed by atoms with Crippen LogP contribution in [0.1, 0.15) is 49.1 Å². The van der Waals surface area contributed by atoms with Gasteiger partial charge in [0.05, 0.1) is 28.8 Å². The summed E-state index contributed by atoms with van der Waals surface area (Å²) in [7, 11) is 0. The van der Waals surface area contributed by atoms with Crippen molar-refractivity contribution in [2.45, 2.75) is 38.6 Å². The lowest BCUT2D eigenvalue weighted by Gasteiger charge is -2.23. The van der Waals surface area contributed by atoms with Crippen LogP contribution in [-0.4, -0.2) is 39.3 Å². The molecule has 32 heavy (non-hydrogen) atoms. The molecular weight excluding hydrogens is 450 g/mol. The summed E-state index contributed by atoms with van der Waals surface area (Å²) in [4.78, 5) is 29.3. The molecule has 1 aromatic carbocycles. The molecule has 0 aliphatic carbocycles. The molecular formula is C23H22ClN3O4S. The lowest BCUT2D eigenvalue weighted by Crippen LogP contribution is -2.27. The molecule has 3 heterocycles. The minimum Gasteiger partial charge on any atom is -0.494 e. The first-order chi connectivity index (χ1) is 15.5. The summed E-state index contributed by atoms with van der Waals surface area (Å²) in [5.41, 5.74) is 2.23. The Morgan fingerprint density at radius 1 is 1.28 bits per heavy atom. The van der Waals surface area contributed by atoms with Crippen LogP contribution in [0.5, 0.6) is 5.75 Å². The lowest BCUT2D eigenvalue weighted by atomic mass is 10.0. The highest BCUT2D eigenvalue weighted by molar-refractivity contribution is 7.12. The predicted molar refractivity (Wildman–Crippen MR) is 124 cm³/mol. The van der Waals surface area contributed by atoms with Crippen molar-refractivity contribution in [1.82, 2.24) is 9.99 Å². The minimum atomic E-state index is -0.924. The van der Waals surface area contributed by atoms with Crippen LogP contribution < -0.4 is 4.74 Å². The Morgan fingerprint density at radius 3 is 2.84 bits per heavy atom. The maximum atomic E-state index is 13.0. The van der Waals surface area contributed by atoms with E-state index in [9.17, 15) is 9.59 Å². The number of fused-ring (bicyclic) bond motifs is 1. The first kappa shape index (κ1) is 22.2. The number of ether oxygens (including phenoxy) is 1. The van der Waals surface area contributed by atoms with E-state index >= 15 is 0 Å². The van der Waals surface area contributed by atoms with Crippen LogP contribution in [0.2, 0.25) is 5.15 Å². The zero-order chi connectivity index (χ0) is 22.7. The SMILES string of the molecule is CCOc1ccc2cc(C3CC(c4cccs4)=NN3C(=O)CCCC(=O)O)c(Cl)nc2c1. The predicted octanol–water partition coefficient (Wildman–Crippen LogP) is 5.28. The highest BCUT2D eigenvalue weighted by Gasteiger charge is 2.35. The summed E-state index contributed by atoms with van der Waals surface area (Å²) in [6, 6.07) is 11.1. The second-order valence-electron chi connectivity index (χ2n) is 7.39. The molecule has 1 amide bonds. The van der Waals surface area contributed by atoms with Gasteiger partial charge in [-0.05, 0) is 43.0 Å². The van der Waals surface area contributed by atoms with Crippen molar-refractivity contribution < 1.29 is 19.4 Å². The Labute approximate surface area is 194 Å². The van der Waals surface area contributed by atoms with Crippen LogP contribution in [0.4, 0.5) is 0 Å². The fraction of sp³-hybridized carbons (Fsp3) is 0.304. The summed E-state index contributed by atoms with van der Waals surface area (Å²) in [6.07, 6.45) is 0.798. The number of pyridine rings is 1. The van der Waals surface area contributed by atoms with Gasteiger partial charge in [0.2, 0.25) is 5.91 Å². The summed E-state index contributed by atoms with van der Waals surface area (Å²) >= 11 is 8.14.